The van der Waals surface area contributed by atoms with Crippen molar-refractivity contribution >= 4 is 22.4 Å². The van der Waals surface area contributed by atoms with E-state index in [0.29, 0.717) is 0 Å². The number of hydrogen-bond acceptors (Lipinski definition) is 1. The quantitative estimate of drug-likeness (QED) is 0.782. The minimum Gasteiger partial charge on any atom is -0.483 e. The van der Waals surface area contributed by atoms with Crippen LogP contribution in [0, 0.1) is 0 Å². The molecule has 1 N–H and O–H groups in total. The van der Waals surface area contributed by atoms with E-state index in [1.807, 2.05) is 0 Å². The summed E-state index contributed by atoms with van der Waals surface area (Å²) in [6.45, 7) is -0.250. The summed E-state index contributed by atoms with van der Waals surface area (Å²) >= 11 is 3.43. The Kier molecular flexibility index (Phi) is 4.66. The molecule has 2 nitrogen and oxygen atoms in total. The first kappa shape index (κ1) is 11.2. The first-order valence-electron chi connectivity index (χ1n) is 4.61. The van der Waals surface area contributed by atoms with Gasteiger partial charge in [-0.15, -0.1) is 0 Å². The molecule has 0 unspecified atom stereocenters. The minimum atomic E-state index is -0.250. The second-order valence-corrected chi connectivity index (χ2v) is 4.20. The summed E-state index contributed by atoms with van der Waals surface area (Å²) in [4.78, 5) is 8.36. The van der Waals surface area contributed by atoms with E-state index < -0.39 is 0 Å². The lowest BCUT2D eigenvalue weighted by Crippen LogP contribution is -2.07. The van der Waals surface area contributed by atoms with Gasteiger partial charge in [0.15, 0.2) is 0 Å². The van der Waals surface area contributed by atoms with Gasteiger partial charge in [-0.1, -0.05) is 34.5 Å². The third-order valence-electron chi connectivity index (χ3n) is 2.45. The average molecular weight is 257 g/mol. The standard InChI is InChI=1S/C10H11Br.CH2O2/c11-10-6-4-9(5-7-10)8-2-1-3-8;2-1-3/h4-8H,1-3H2;1H,(H,2,3). The molecule has 0 heterocycles. The lowest BCUT2D eigenvalue weighted by molar-refractivity contribution is -0.122. The Morgan fingerprint density at radius 2 is 1.79 bits per heavy atom. The van der Waals surface area contributed by atoms with E-state index in [4.69, 9.17) is 9.90 Å². The van der Waals surface area contributed by atoms with Crippen LogP contribution in [-0.2, 0) is 4.79 Å². The van der Waals surface area contributed by atoms with Crippen LogP contribution in [0.2, 0.25) is 0 Å². The number of benzene rings is 1. The predicted octanol–water partition coefficient (Wildman–Crippen LogP) is 3.42. The molecule has 0 amide bonds. The molecular formula is C11H13BrO2. The van der Waals surface area contributed by atoms with Crippen LogP contribution in [0.5, 0.6) is 0 Å². The van der Waals surface area contributed by atoms with Crippen LogP contribution < -0.4 is 0 Å². The van der Waals surface area contributed by atoms with Crippen molar-refractivity contribution < 1.29 is 9.90 Å². The van der Waals surface area contributed by atoms with Crippen molar-refractivity contribution in [3.63, 3.8) is 0 Å². The minimum absolute atomic E-state index is 0.250. The third-order valence-corrected chi connectivity index (χ3v) is 2.98. The van der Waals surface area contributed by atoms with Crippen LogP contribution in [0.1, 0.15) is 30.7 Å². The third kappa shape index (κ3) is 3.14. The first-order chi connectivity index (χ1) is 6.77. The number of hydrogen-bond donors (Lipinski definition) is 1. The molecule has 0 spiro atoms. The van der Waals surface area contributed by atoms with Crippen molar-refractivity contribution in [2.24, 2.45) is 0 Å². The van der Waals surface area contributed by atoms with Crippen molar-refractivity contribution in [2.45, 2.75) is 25.2 Å². The molecule has 1 aliphatic rings. The van der Waals surface area contributed by atoms with E-state index in [1.54, 1.807) is 0 Å². The second-order valence-electron chi connectivity index (χ2n) is 3.28. The molecule has 0 saturated heterocycles. The van der Waals surface area contributed by atoms with Crippen LogP contribution >= 0.6 is 15.9 Å². The molecule has 2 rings (SSSR count). The monoisotopic (exact) mass is 256 g/mol. The molecule has 0 atom stereocenters. The van der Waals surface area contributed by atoms with Crippen molar-refractivity contribution in [2.75, 3.05) is 0 Å². The molecule has 3 heteroatoms. The van der Waals surface area contributed by atoms with E-state index in [9.17, 15) is 0 Å². The molecular weight excluding hydrogens is 244 g/mol. The summed E-state index contributed by atoms with van der Waals surface area (Å²) in [7, 11) is 0. The van der Waals surface area contributed by atoms with Crippen molar-refractivity contribution in [3.05, 3.63) is 34.3 Å². The smallest absolute Gasteiger partial charge is 0.290 e. The van der Waals surface area contributed by atoms with Gasteiger partial charge >= 0.3 is 0 Å². The number of carbonyl (C=O) groups is 1. The van der Waals surface area contributed by atoms with E-state index in [2.05, 4.69) is 40.2 Å². The van der Waals surface area contributed by atoms with Gasteiger partial charge in [-0.3, -0.25) is 4.79 Å². The largest absolute Gasteiger partial charge is 0.483 e. The van der Waals surface area contributed by atoms with Gasteiger partial charge in [-0.25, -0.2) is 0 Å². The SMILES string of the molecule is Brc1ccc(C2CCC2)cc1.O=CO. The summed E-state index contributed by atoms with van der Waals surface area (Å²) in [6.07, 6.45) is 4.20. The highest BCUT2D eigenvalue weighted by Crippen LogP contribution is 2.36. The van der Waals surface area contributed by atoms with E-state index in [-0.39, 0.29) is 6.47 Å². The number of carboxylic acid groups (broad SMARTS) is 1. The van der Waals surface area contributed by atoms with Gasteiger partial charge < -0.3 is 5.11 Å². The van der Waals surface area contributed by atoms with Crippen molar-refractivity contribution in [3.8, 4) is 0 Å². The average Bonchev–Trinajstić information content (AvgIpc) is 2.07. The van der Waals surface area contributed by atoms with Crippen molar-refractivity contribution in [1.29, 1.82) is 0 Å². The normalized spacial score (nSPS) is 14.9. The summed E-state index contributed by atoms with van der Waals surface area (Å²) in [6, 6.07) is 8.73. The maximum Gasteiger partial charge on any atom is 0.290 e. The lowest BCUT2D eigenvalue weighted by atomic mass is 9.80. The molecule has 1 aromatic carbocycles. The maximum absolute atomic E-state index is 8.36. The maximum atomic E-state index is 8.36. The fraction of sp³-hybridized carbons (Fsp3) is 0.364. The topological polar surface area (TPSA) is 37.3 Å². The van der Waals surface area contributed by atoms with Crippen LogP contribution in [0.3, 0.4) is 0 Å². The fourth-order valence-corrected chi connectivity index (χ4v) is 1.74. The first-order valence-corrected chi connectivity index (χ1v) is 5.40. The van der Waals surface area contributed by atoms with Crippen LogP contribution in [-0.4, -0.2) is 11.6 Å². The fourth-order valence-electron chi connectivity index (χ4n) is 1.48. The Hall–Kier alpha value is -0.830. The van der Waals surface area contributed by atoms with E-state index in [1.165, 1.54) is 29.3 Å². The van der Waals surface area contributed by atoms with Gasteiger partial charge in [0, 0.05) is 4.47 Å². The van der Waals surface area contributed by atoms with Gasteiger partial charge in [0.2, 0.25) is 0 Å². The molecule has 14 heavy (non-hydrogen) atoms. The lowest BCUT2D eigenvalue weighted by Gasteiger charge is -2.25. The van der Waals surface area contributed by atoms with Gasteiger partial charge in [-0.05, 0) is 36.5 Å². The molecule has 0 radical (unpaired) electrons. The number of rotatable bonds is 1. The van der Waals surface area contributed by atoms with Gasteiger partial charge in [0.1, 0.15) is 0 Å². The molecule has 0 bridgehead atoms. The molecule has 0 aromatic heterocycles. The van der Waals surface area contributed by atoms with Gasteiger partial charge in [0.25, 0.3) is 6.47 Å². The number of halogens is 1. The van der Waals surface area contributed by atoms with Gasteiger partial charge in [-0.2, -0.15) is 0 Å². The molecule has 1 fully saturated rings. The Labute approximate surface area is 92.1 Å². The molecule has 1 aliphatic carbocycles. The Balaban J connectivity index is 0.000000293. The Morgan fingerprint density at radius 3 is 2.14 bits per heavy atom. The van der Waals surface area contributed by atoms with Crippen molar-refractivity contribution in [1.82, 2.24) is 0 Å². The molecule has 0 aliphatic heterocycles. The van der Waals surface area contributed by atoms with E-state index >= 15 is 0 Å². The summed E-state index contributed by atoms with van der Waals surface area (Å²) in [5.41, 5.74) is 1.51. The zero-order chi connectivity index (χ0) is 10.4. The highest BCUT2D eigenvalue weighted by Gasteiger charge is 2.18. The molecule has 76 valence electrons. The second kappa shape index (κ2) is 5.81. The zero-order valence-corrected chi connectivity index (χ0v) is 9.40. The zero-order valence-electron chi connectivity index (χ0n) is 7.82. The molecule has 1 saturated carbocycles. The van der Waals surface area contributed by atoms with Gasteiger partial charge in [0.05, 0.1) is 0 Å². The predicted molar refractivity (Wildman–Crippen MR) is 59.4 cm³/mol. The highest BCUT2D eigenvalue weighted by molar-refractivity contribution is 9.10. The summed E-state index contributed by atoms with van der Waals surface area (Å²) in [5.74, 6) is 0.864. The Morgan fingerprint density at radius 1 is 1.29 bits per heavy atom. The summed E-state index contributed by atoms with van der Waals surface area (Å²) < 4.78 is 1.18. The van der Waals surface area contributed by atoms with Crippen LogP contribution in [0.25, 0.3) is 0 Å². The van der Waals surface area contributed by atoms with E-state index in [0.717, 1.165) is 5.92 Å². The highest BCUT2D eigenvalue weighted by atomic mass is 79.9. The molecule has 1 aromatic rings. The van der Waals surface area contributed by atoms with Crippen LogP contribution in [0.4, 0.5) is 0 Å². The van der Waals surface area contributed by atoms with Crippen LogP contribution in [0.15, 0.2) is 28.7 Å². The summed E-state index contributed by atoms with van der Waals surface area (Å²) in [5, 5.41) is 6.89. The Bertz CT molecular complexity index is 278.